The molecule has 0 atom stereocenters. The third-order valence-corrected chi connectivity index (χ3v) is 1.63. The Morgan fingerprint density at radius 1 is 1.50 bits per heavy atom. The van der Waals surface area contributed by atoms with Gasteiger partial charge in [-0.1, -0.05) is 5.57 Å². The molecule has 2 rings (SSSR count). The van der Waals surface area contributed by atoms with E-state index in [9.17, 15) is 0 Å². The van der Waals surface area contributed by atoms with Crippen molar-refractivity contribution >= 4 is 0 Å². The fourth-order valence-electron chi connectivity index (χ4n) is 1.16. The van der Waals surface area contributed by atoms with E-state index in [1.54, 1.807) is 6.26 Å². The van der Waals surface area contributed by atoms with Gasteiger partial charge in [-0.25, -0.2) is 0 Å². The molecule has 0 N–H and O–H groups in total. The first-order chi connectivity index (χ1) is 4.86. The van der Waals surface area contributed by atoms with Gasteiger partial charge in [0.2, 0.25) is 0 Å². The lowest BCUT2D eigenvalue weighted by Crippen LogP contribution is -1.93. The van der Waals surface area contributed by atoms with Crippen LogP contribution in [0.25, 0.3) is 0 Å². The number of allylic oxidation sites excluding steroid dienone is 4. The van der Waals surface area contributed by atoms with Gasteiger partial charge in [-0.05, 0) is 25.5 Å². The molecule has 52 valence electrons. The zero-order valence-corrected chi connectivity index (χ0v) is 5.76. The summed E-state index contributed by atoms with van der Waals surface area (Å²) in [4.78, 5) is 9.54. The molecule has 0 saturated heterocycles. The predicted molar refractivity (Wildman–Crippen MR) is 36.7 cm³/mol. The molecule has 2 nitrogen and oxygen atoms in total. The third kappa shape index (κ3) is 0.727. The van der Waals surface area contributed by atoms with Crippen molar-refractivity contribution in [2.45, 2.75) is 13.3 Å². The van der Waals surface area contributed by atoms with E-state index < -0.39 is 0 Å². The minimum atomic E-state index is 0.861. The van der Waals surface area contributed by atoms with Crippen molar-refractivity contribution in [3.8, 4) is 0 Å². The Hall–Kier alpha value is -1.18. The molecule has 0 aromatic heterocycles. The molecule has 0 radical (unpaired) electrons. The van der Waals surface area contributed by atoms with E-state index in [1.807, 2.05) is 12.2 Å². The lowest BCUT2D eigenvalue weighted by Gasteiger charge is -2.06. The fourth-order valence-corrected chi connectivity index (χ4v) is 1.16. The summed E-state index contributed by atoms with van der Waals surface area (Å²) < 4.78 is 0. The van der Waals surface area contributed by atoms with Crippen LogP contribution in [0.5, 0.6) is 0 Å². The standard InChI is InChI=1S/C8H8O2/c1-6-4-7-2-3-9-10-8(7)5-6/h2-3,5H,4H2,1H3. The summed E-state index contributed by atoms with van der Waals surface area (Å²) in [5.41, 5.74) is 2.53. The van der Waals surface area contributed by atoms with Crippen LogP contribution in [0.15, 0.2) is 35.3 Å². The molecule has 0 spiro atoms. The maximum Gasteiger partial charge on any atom is 0.182 e. The highest BCUT2D eigenvalue weighted by molar-refractivity contribution is 5.40. The lowest BCUT2D eigenvalue weighted by atomic mass is 10.2. The van der Waals surface area contributed by atoms with E-state index >= 15 is 0 Å². The van der Waals surface area contributed by atoms with E-state index in [4.69, 9.17) is 4.89 Å². The van der Waals surface area contributed by atoms with Gasteiger partial charge >= 0.3 is 0 Å². The van der Waals surface area contributed by atoms with Gasteiger partial charge in [-0.2, -0.15) is 0 Å². The molecule has 1 aliphatic heterocycles. The molecule has 0 bridgehead atoms. The van der Waals surface area contributed by atoms with Crippen LogP contribution >= 0.6 is 0 Å². The Bertz CT molecular complexity index is 246. The molecule has 0 aromatic rings. The topological polar surface area (TPSA) is 18.5 Å². The highest BCUT2D eigenvalue weighted by Gasteiger charge is 2.15. The van der Waals surface area contributed by atoms with Crippen LogP contribution in [0.2, 0.25) is 0 Å². The Kier molecular flexibility index (Phi) is 1.07. The molecule has 1 aliphatic carbocycles. The Morgan fingerprint density at radius 3 is 3.20 bits per heavy atom. The van der Waals surface area contributed by atoms with Crippen LogP contribution in [0.1, 0.15) is 13.3 Å². The summed E-state index contributed by atoms with van der Waals surface area (Å²) >= 11 is 0. The number of hydrogen-bond donors (Lipinski definition) is 0. The van der Waals surface area contributed by atoms with Crippen LogP contribution in [-0.4, -0.2) is 0 Å². The van der Waals surface area contributed by atoms with Gasteiger partial charge in [-0.15, -0.1) is 0 Å². The van der Waals surface area contributed by atoms with Crippen LogP contribution in [0, 0.1) is 0 Å². The lowest BCUT2D eigenvalue weighted by molar-refractivity contribution is -0.210. The molecule has 0 amide bonds. The molecule has 0 saturated carbocycles. The van der Waals surface area contributed by atoms with E-state index in [0.29, 0.717) is 0 Å². The Morgan fingerprint density at radius 2 is 2.40 bits per heavy atom. The van der Waals surface area contributed by atoms with Gasteiger partial charge in [0.05, 0.1) is 0 Å². The monoisotopic (exact) mass is 136 g/mol. The average molecular weight is 136 g/mol. The van der Waals surface area contributed by atoms with Crippen molar-refractivity contribution in [1.82, 2.24) is 0 Å². The SMILES string of the molecule is CC1=CC2=C(C=COO2)C1. The van der Waals surface area contributed by atoms with Gasteiger partial charge in [0.15, 0.2) is 5.76 Å². The summed E-state index contributed by atoms with van der Waals surface area (Å²) in [6.07, 6.45) is 6.49. The van der Waals surface area contributed by atoms with Crippen molar-refractivity contribution in [3.63, 3.8) is 0 Å². The van der Waals surface area contributed by atoms with Crippen molar-refractivity contribution in [2.24, 2.45) is 0 Å². The molecular weight excluding hydrogens is 128 g/mol. The van der Waals surface area contributed by atoms with Gasteiger partial charge < -0.3 is 0 Å². The van der Waals surface area contributed by atoms with Crippen LogP contribution in [0.4, 0.5) is 0 Å². The normalized spacial score (nSPS) is 21.5. The van der Waals surface area contributed by atoms with Crippen molar-refractivity contribution < 1.29 is 9.78 Å². The molecule has 2 heteroatoms. The van der Waals surface area contributed by atoms with Gasteiger partial charge in [-0.3, -0.25) is 9.78 Å². The molecule has 0 unspecified atom stereocenters. The fraction of sp³-hybridized carbons (Fsp3) is 0.250. The zero-order valence-electron chi connectivity index (χ0n) is 5.76. The first kappa shape index (κ1) is 5.59. The smallest absolute Gasteiger partial charge is 0.182 e. The second-order valence-corrected chi connectivity index (χ2v) is 2.54. The number of rotatable bonds is 0. The minimum Gasteiger partial charge on any atom is -0.298 e. The average Bonchev–Trinajstić information content (AvgIpc) is 2.27. The molecule has 0 fully saturated rings. The first-order valence-electron chi connectivity index (χ1n) is 3.26. The second-order valence-electron chi connectivity index (χ2n) is 2.54. The van der Waals surface area contributed by atoms with Crippen LogP contribution in [0.3, 0.4) is 0 Å². The first-order valence-corrected chi connectivity index (χ1v) is 3.26. The summed E-state index contributed by atoms with van der Waals surface area (Å²) in [6, 6.07) is 0. The van der Waals surface area contributed by atoms with E-state index in [1.165, 1.54) is 11.1 Å². The molecular formula is C8H8O2. The highest BCUT2D eigenvalue weighted by atomic mass is 17.2. The van der Waals surface area contributed by atoms with Crippen LogP contribution < -0.4 is 0 Å². The van der Waals surface area contributed by atoms with Crippen LogP contribution in [-0.2, 0) is 9.78 Å². The maximum atomic E-state index is 4.89. The Labute approximate surface area is 59.4 Å². The number of hydrogen-bond acceptors (Lipinski definition) is 2. The third-order valence-electron chi connectivity index (χ3n) is 1.63. The van der Waals surface area contributed by atoms with Gasteiger partial charge in [0, 0.05) is 5.57 Å². The van der Waals surface area contributed by atoms with Gasteiger partial charge in [0.1, 0.15) is 6.26 Å². The van der Waals surface area contributed by atoms with E-state index in [2.05, 4.69) is 11.8 Å². The summed E-state index contributed by atoms with van der Waals surface area (Å²) in [5.74, 6) is 0.861. The van der Waals surface area contributed by atoms with Gasteiger partial charge in [0.25, 0.3) is 0 Å². The van der Waals surface area contributed by atoms with Crippen molar-refractivity contribution in [2.75, 3.05) is 0 Å². The van der Waals surface area contributed by atoms with Crippen molar-refractivity contribution in [3.05, 3.63) is 35.3 Å². The second kappa shape index (κ2) is 1.90. The largest absolute Gasteiger partial charge is 0.298 e. The maximum absolute atomic E-state index is 4.89. The van der Waals surface area contributed by atoms with E-state index in [-0.39, 0.29) is 0 Å². The minimum absolute atomic E-state index is 0.861. The Balaban J connectivity index is 2.31. The summed E-state index contributed by atoms with van der Waals surface area (Å²) in [7, 11) is 0. The summed E-state index contributed by atoms with van der Waals surface area (Å²) in [6.45, 7) is 2.08. The van der Waals surface area contributed by atoms with Crippen molar-refractivity contribution in [1.29, 1.82) is 0 Å². The molecule has 2 aliphatic rings. The highest BCUT2D eigenvalue weighted by Crippen LogP contribution is 2.28. The zero-order chi connectivity index (χ0) is 6.97. The predicted octanol–water partition coefficient (Wildman–Crippen LogP) is 2.07. The summed E-state index contributed by atoms with van der Waals surface area (Å²) in [5, 5.41) is 0. The quantitative estimate of drug-likeness (QED) is 0.474. The molecule has 0 aromatic carbocycles. The molecule has 10 heavy (non-hydrogen) atoms. The molecule has 1 heterocycles. The van der Waals surface area contributed by atoms with E-state index in [0.717, 1.165) is 12.2 Å².